The van der Waals surface area contributed by atoms with Gasteiger partial charge in [0.05, 0.1) is 12.1 Å². The smallest absolute Gasteiger partial charge is 0.234 e. The number of ketones is 1. The minimum absolute atomic E-state index is 0.0146. The van der Waals surface area contributed by atoms with E-state index < -0.39 is 0 Å². The Bertz CT molecular complexity index is 426. The molecule has 16 heavy (non-hydrogen) atoms. The van der Waals surface area contributed by atoms with E-state index in [-0.39, 0.29) is 18.1 Å². The summed E-state index contributed by atoms with van der Waals surface area (Å²) in [5.74, 6) is -0.134. The van der Waals surface area contributed by atoms with Crippen molar-refractivity contribution < 1.29 is 9.59 Å². The van der Waals surface area contributed by atoms with Gasteiger partial charge in [0.25, 0.3) is 0 Å². The highest BCUT2D eigenvalue weighted by atomic mass is 16.2. The van der Waals surface area contributed by atoms with Crippen LogP contribution >= 0.6 is 0 Å². The van der Waals surface area contributed by atoms with Gasteiger partial charge in [-0.05, 0) is 18.6 Å². The van der Waals surface area contributed by atoms with E-state index in [1.807, 2.05) is 18.2 Å². The molecular weight excluding hydrogens is 202 g/mol. The molecule has 3 nitrogen and oxygen atoms in total. The molecule has 0 radical (unpaired) electrons. The lowest BCUT2D eigenvalue weighted by Gasteiger charge is -2.28. The normalized spacial score (nSPS) is 15.2. The van der Waals surface area contributed by atoms with E-state index in [1.165, 1.54) is 0 Å². The first-order chi connectivity index (χ1) is 7.74. The van der Waals surface area contributed by atoms with Gasteiger partial charge in [-0.3, -0.25) is 9.59 Å². The molecule has 84 valence electrons. The zero-order chi connectivity index (χ0) is 11.5. The van der Waals surface area contributed by atoms with E-state index in [0.717, 1.165) is 18.5 Å². The molecule has 2 rings (SSSR count). The Morgan fingerprint density at radius 3 is 2.75 bits per heavy atom. The van der Waals surface area contributed by atoms with E-state index in [4.69, 9.17) is 0 Å². The second-order valence-electron chi connectivity index (χ2n) is 4.02. The maximum Gasteiger partial charge on any atom is 0.234 e. The summed E-state index contributed by atoms with van der Waals surface area (Å²) in [7, 11) is 0. The van der Waals surface area contributed by atoms with Gasteiger partial charge in [0.2, 0.25) is 5.91 Å². The van der Waals surface area contributed by atoms with Gasteiger partial charge < -0.3 is 4.90 Å². The van der Waals surface area contributed by atoms with Crippen LogP contribution < -0.4 is 4.90 Å². The number of Topliss-reactive ketones (excluding diaryl/α,β-unsaturated/α-hetero) is 1. The number of nitrogens with zero attached hydrogens (tertiary/aromatic N) is 1. The van der Waals surface area contributed by atoms with Crippen molar-refractivity contribution in [3.05, 3.63) is 29.8 Å². The van der Waals surface area contributed by atoms with Gasteiger partial charge in [0, 0.05) is 12.1 Å². The first kappa shape index (κ1) is 10.9. The third-order valence-electron chi connectivity index (χ3n) is 2.84. The second kappa shape index (κ2) is 4.47. The summed E-state index contributed by atoms with van der Waals surface area (Å²) in [4.78, 5) is 25.2. The number of amides is 1. The fourth-order valence-corrected chi connectivity index (χ4v) is 1.97. The Morgan fingerprint density at radius 1 is 1.25 bits per heavy atom. The summed E-state index contributed by atoms with van der Waals surface area (Å²) >= 11 is 0. The zero-order valence-electron chi connectivity index (χ0n) is 9.40. The molecule has 0 unspecified atom stereocenters. The number of benzene rings is 1. The van der Waals surface area contributed by atoms with Crippen LogP contribution in [-0.2, 0) is 4.79 Å². The van der Waals surface area contributed by atoms with Gasteiger partial charge in [-0.2, -0.15) is 0 Å². The number of hydrogen-bond donors (Lipinski definition) is 0. The van der Waals surface area contributed by atoms with Crippen LogP contribution in [0.25, 0.3) is 0 Å². The largest absolute Gasteiger partial charge is 0.311 e. The molecule has 0 bridgehead atoms. The Labute approximate surface area is 95.1 Å². The number of hydrogen-bond acceptors (Lipinski definition) is 2. The Balaban J connectivity index is 2.35. The highest BCUT2D eigenvalue weighted by Gasteiger charge is 2.28. The first-order valence-electron chi connectivity index (χ1n) is 5.66. The van der Waals surface area contributed by atoms with Crippen molar-refractivity contribution in [1.29, 1.82) is 0 Å². The Kier molecular flexibility index (Phi) is 3.04. The molecule has 0 saturated heterocycles. The summed E-state index contributed by atoms with van der Waals surface area (Å²) < 4.78 is 0. The number of rotatable bonds is 3. The first-order valence-corrected chi connectivity index (χ1v) is 5.66. The topological polar surface area (TPSA) is 37.4 Å². The molecule has 0 fully saturated rings. The molecule has 0 N–H and O–H groups in total. The van der Waals surface area contributed by atoms with Crippen molar-refractivity contribution >= 4 is 17.4 Å². The highest BCUT2D eigenvalue weighted by molar-refractivity contribution is 6.19. The van der Waals surface area contributed by atoms with Crippen LogP contribution in [0.4, 0.5) is 5.69 Å². The molecule has 0 atom stereocenters. The van der Waals surface area contributed by atoms with Gasteiger partial charge in [-0.25, -0.2) is 0 Å². The van der Waals surface area contributed by atoms with Crippen molar-refractivity contribution in [2.45, 2.75) is 26.2 Å². The van der Waals surface area contributed by atoms with E-state index in [1.54, 1.807) is 11.0 Å². The third kappa shape index (κ3) is 1.85. The van der Waals surface area contributed by atoms with Crippen molar-refractivity contribution in [2.75, 3.05) is 11.4 Å². The fourth-order valence-electron chi connectivity index (χ4n) is 1.97. The Morgan fingerprint density at radius 2 is 2.00 bits per heavy atom. The molecule has 0 aliphatic carbocycles. The van der Waals surface area contributed by atoms with Gasteiger partial charge in [0.1, 0.15) is 0 Å². The monoisotopic (exact) mass is 217 g/mol. The molecule has 1 heterocycles. The molecule has 0 aromatic heterocycles. The molecule has 1 aliphatic heterocycles. The average molecular weight is 217 g/mol. The molecule has 1 aromatic carbocycles. The van der Waals surface area contributed by atoms with Crippen molar-refractivity contribution in [3.63, 3.8) is 0 Å². The van der Waals surface area contributed by atoms with E-state index in [2.05, 4.69) is 6.92 Å². The molecular formula is C13H15NO2. The van der Waals surface area contributed by atoms with Crippen LogP contribution in [-0.4, -0.2) is 18.2 Å². The molecule has 3 heteroatoms. The van der Waals surface area contributed by atoms with Crippen LogP contribution in [0, 0.1) is 0 Å². The van der Waals surface area contributed by atoms with E-state index in [0.29, 0.717) is 12.1 Å². The maximum absolute atomic E-state index is 11.8. The number of fused-ring (bicyclic) bond motifs is 1. The number of anilines is 1. The summed E-state index contributed by atoms with van der Waals surface area (Å²) in [6, 6.07) is 7.34. The quantitative estimate of drug-likeness (QED) is 0.729. The Hall–Kier alpha value is -1.64. The van der Waals surface area contributed by atoms with Gasteiger partial charge in [-0.1, -0.05) is 25.5 Å². The average Bonchev–Trinajstić information content (AvgIpc) is 2.29. The summed E-state index contributed by atoms with van der Waals surface area (Å²) in [6.07, 6.45) is 2.02. The summed E-state index contributed by atoms with van der Waals surface area (Å²) in [6.45, 7) is 2.80. The molecule has 1 amide bonds. The fraction of sp³-hybridized carbons (Fsp3) is 0.385. The third-order valence-corrected chi connectivity index (χ3v) is 2.84. The van der Waals surface area contributed by atoms with Gasteiger partial charge >= 0.3 is 0 Å². The highest BCUT2D eigenvalue weighted by Crippen LogP contribution is 2.27. The van der Waals surface area contributed by atoms with E-state index >= 15 is 0 Å². The number of unbranched alkanes of at least 4 members (excludes halogenated alkanes) is 1. The maximum atomic E-state index is 11.8. The standard InChI is InChI=1S/C13H15NO2/c1-2-3-8-14-11-7-5-4-6-10(11)12(15)9-13(14)16/h4-7H,2-3,8-9H2,1H3. The van der Waals surface area contributed by atoms with Crippen molar-refractivity contribution in [3.8, 4) is 0 Å². The molecule has 1 aromatic rings. The molecule has 0 saturated carbocycles. The van der Waals surface area contributed by atoms with Crippen molar-refractivity contribution in [2.24, 2.45) is 0 Å². The van der Waals surface area contributed by atoms with Crippen LogP contribution in [0.2, 0.25) is 0 Å². The van der Waals surface area contributed by atoms with Crippen LogP contribution in [0.15, 0.2) is 24.3 Å². The molecule has 0 spiro atoms. The second-order valence-corrected chi connectivity index (χ2v) is 4.02. The van der Waals surface area contributed by atoms with Gasteiger partial charge in [-0.15, -0.1) is 0 Å². The van der Waals surface area contributed by atoms with Crippen LogP contribution in [0.3, 0.4) is 0 Å². The van der Waals surface area contributed by atoms with Crippen LogP contribution in [0.1, 0.15) is 36.5 Å². The number of para-hydroxylation sites is 1. The van der Waals surface area contributed by atoms with Gasteiger partial charge in [0.15, 0.2) is 5.78 Å². The van der Waals surface area contributed by atoms with E-state index in [9.17, 15) is 9.59 Å². The number of carbonyl (C=O) groups is 2. The summed E-state index contributed by atoms with van der Waals surface area (Å²) in [5.41, 5.74) is 1.45. The zero-order valence-corrected chi connectivity index (χ0v) is 9.40. The minimum atomic E-state index is -0.0721. The predicted octanol–water partition coefficient (Wildman–Crippen LogP) is 2.41. The molecule has 1 aliphatic rings. The minimum Gasteiger partial charge on any atom is -0.311 e. The predicted molar refractivity (Wildman–Crippen MR) is 62.7 cm³/mol. The SMILES string of the molecule is CCCCN1C(=O)CC(=O)c2ccccc21. The number of carbonyl (C=O) groups excluding carboxylic acids is 2. The van der Waals surface area contributed by atoms with Crippen molar-refractivity contribution in [1.82, 2.24) is 0 Å². The lowest BCUT2D eigenvalue weighted by atomic mass is 9.99. The lowest BCUT2D eigenvalue weighted by Crippen LogP contribution is -2.38. The lowest BCUT2D eigenvalue weighted by molar-refractivity contribution is -0.118. The van der Waals surface area contributed by atoms with Crippen LogP contribution in [0.5, 0.6) is 0 Å². The summed E-state index contributed by atoms with van der Waals surface area (Å²) in [5, 5.41) is 0.